The first-order valence-corrected chi connectivity index (χ1v) is 2.71. The highest BCUT2D eigenvalue weighted by Gasteiger charge is 2.16. The van der Waals surface area contributed by atoms with E-state index in [4.69, 9.17) is 5.11 Å². The number of hydrogen-bond acceptors (Lipinski definition) is 4. The number of aldehydes is 1. The average molecular weight is 145 g/mol. The van der Waals surface area contributed by atoms with E-state index in [1.165, 1.54) is 0 Å². The first-order valence-electron chi connectivity index (χ1n) is 2.71. The molecule has 0 aromatic carbocycles. The third-order valence-electron chi connectivity index (χ3n) is 0.970. The predicted molar refractivity (Wildman–Crippen MR) is 32.5 cm³/mol. The molecule has 10 heavy (non-hydrogen) atoms. The number of carbonyl (C=O) groups excluding carboxylic acids is 1. The molecule has 0 saturated carbocycles. The molecule has 1 N–H and O–H groups in total. The summed E-state index contributed by atoms with van der Waals surface area (Å²) >= 11 is 0. The molecule has 5 nitrogen and oxygen atoms in total. The second kappa shape index (κ2) is 4.60. The van der Waals surface area contributed by atoms with Crippen LogP contribution in [0.2, 0.25) is 0 Å². The number of aliphatic carboxylic acids is 1. The van der Waals surface area contributed by atoms with Crippen LogP contribution in [0, 0.1) is 4.91 Å². The van der Waals surface area contributed by atoms with Gasteiger partial charge in [0.05, 0.1) is 0 Å². The van der Waals surface area contributed by atoms with Crippen molar-refractivity contribution in [3.05, 3.63) is 4.91 Å². The van der Waals surface area contributed by atoms with Crippen molar-refractivity contribution in [1.29, 1.82) is 0 Å². The maximum atomic E-state index is 10.0. The molecular formula is C5H7NO4. The van der Waals surface area contributed by atoms with Crippen molar-refractivity contribution >= 4 is 12.3 Å². The smallest absolute Gasteiger partial charge is 0.332 e. The SMILES string of the molecule is O=CCC[C@H](N=O)C(=O)O. The molecular weight excluding hydrogens is 138 g/mol. The molecule has 0 spiro atoms. The predicted octanol–water partition coefficient (Wildman–Crippen LogP) is 0.185. The molecule has 0 aliphatic carbocycles. The molecule has 0 saturated heterocycles. The fraction of sp³-hybridized carbons (Fsp3) is 0.600. The zero-order valence-corrected chi connectivity index (χ0v) is 5.19. The quantitative estimate of drug-likeness (QED) is 0.442. The Morgan fingerprint density at radius 2 is 2.30 bits per heavy atom. The van der Waals surface area contributed by atoms with Crippen molar-refractivity contribution in [2.45, 2.75) is 18.9 Å². The van der Waals surface area contributed by atoms with Crippen LogP contribution < -0.4 is 0 Å². The Labute approximate surface area is 57.0 Å². The van der Waals surface area contributed by atoms with Crippen LogP contribution in [0.5, 0.6) is 0 Å². The summed E-state index contributed by atoms with van der Waals surface area (Å²) < 4.78 is 0. The molecule has 0 fully saturated rings. The van der Waals surface area contributed by atoms with Gasteiger partial charge in [-0.15, -0.1) is 4.91 Å². The van der Waals surface area contributed by atoms with Gasteiger partial charge in [-0.05, 0) is 6.42 Å². The Morgan fingerprint density at radius 1 is 1.70 bits per heavy atom. The number of nitroso groups, excluding NO2 is 1. The van der Waals surface area contributed by atoms with E-state index in [1.807, 2.05) is 0 Å². The summed E-state index contributed by atoms with van der Waals surface area (Å²) in [6, 6.07) is -1.27. The minimum atomic E-state index is -1.28. The summed E-state index contributed by atoms with van der Waals surface area (Å²) in [4.78, 5) is 29.4. The van der Waals surface area contributed by atoms with E-state index < -0.39 is 12.0 Å². The van der Waals surface area contributed by atoms with E-state index in [2.05, 4.69) is 5.18 Å². The van der Waals surface area contributed by atoms with Crippen molar-refractivity contribution in [1.82, 2.24) is 0 Å². The van der Waals surface area contributed by atoms with E-state index in [-0.39, 0.29) is 12.8 Å². The van der Waals surface area contributed by atoms with Crippen LogP contribution in [-0.4, -0.2) is 23.4 Å². The maximum Gasteiger partial charge on any atom is 0.332 e. The van der Waals surface area contributed by atoms with Gasteiger partial charge in [-0.25, -0.2) is 4.79 Å². The Balaban J connectivity index is 3.71. The van der Waals surface area contributed by atoms with Gasteiger partial charge in [0.2, 0.25) is 0 Å². The molecule has 0 radical (unpaired) electrons. The van der Waals surface area contributed by atoms with Crippen LogP contribution in [0.25, 0.3) is 0 Å². The van der Waals surface area contributed by atoms with Gasteiger partial charge < -0.3 is 9.90 Å². The van der Waals surface area contributed by atoms with E-state index >= 15 is 0 Å². The minimum absolute atomic E-state index is 0.0116. The number of carboxylic acids is 1. The lowest BCUT2D eigenvalue weighted by Gasteiger charge is -1.97. The molecule has 0 aliphatic heterocycles. The summed E-state index contributed by atoms with van der Waals surface area (Å²) in [5.41, 5.74) is 0. The molecule has 5 heteroatoms. The largest absolute Gasteiger partial charge is 0.480 e. The molecule has 0 aromatic rings. The topological polar surface area (TPSA) is 83.8 Å². The summed E-state index contributed by atoms with van der Waals surface area (Å²) in [5.74, 6) is -1.28. The number of nitrogens with zero attached hydrogens (tertiary/aromatic N) is 1. The lowest BCUT2D eigenvalue weighted by Crippen LogP contribution is -2.16. The van der Waals surface area contributed by atoms with Gasteiger partial charge >= 0.3 is 5.97 Å². The van der Waals surface area contributed by atoms with Crippen LogP contribution in [-0.2, 0) is 9.59 Å². The first-order chi connectivity index (χ1) is 4.72. The third-order valence-corrected chi connectivity index (χ3v) is 0.970. The Bertz CT molecular complexity index is 145. The summed E-state index contributed by atoms with van der Waals surface area (Å²) in [7, 11) is 0. The van der Waals surface area contributed by atoms with E-state index in [0.717, 1.165) is 0 Å². The average Bonchev–Trinajstić information content (AvgIpc) is 1.89. The Hall–Kier alpha value is -1.26. The van der Waals surface area contributed by atoms with Crippen molar-refractivity contribution in [2.24, 2.45) is 5.18 Å². The summed E-state index contributed by atoms with van der Waals surface area (Å²) in [5, 5.41) is 10.5. The first kappa shape index (κ1) is 8.74. The number of carboxylic acid groups (broad SMARTS) is 1. The molecule has 0 bridgehead atoms. The molecule has 56 valence electrons. The van der Waals surface area contributed by atoms with Crippen LogP contribution >= 0.6 is 0 Å². The Kier molecular flexibility index (Phi) is 4.02. The molecule has 0 aliphatic rings. The van der Waals surface area contributed by atoms with Crippen LogP contribution in [0.1, 0.15) is 12.8 Å². The lowest BCUT2D eigenvalue weighted by molar-refractivity contribution is -0.138. The lowest BCUT2D eigenvalue weighted by atomic mass is 10.2. The highest BCUT2D eigenvalue weighted by Crippen LogP contribution is 1.99. The Morgan fingerprint density at radius 3 is 2.60 bits per heavy atom. The third kappa shape index (κ3) is 2.91. The molecule has 0 rings (SSSR count). The molecule has 0 heterocycles. The van der Waals surface area contributed by atoms with Crippen LogP contribution in [0.3, 0.4) is 0 Å². The van der Waals surface area contributed by atoms with Gasteiger partial charge in [0.15, 0.2) is 6.04 Å². The fourth-order valence-electron chi connectivity index (χ4n) is 0.447. The van der Waals surface area contributed by atoms with Gasteiger partial charge in [0.25, 0.3) is 0 Å². The minimum Gasteiger partial charge on any atom is -0.480 e. The van der Waals surface area contributed by atoms with E-state index in [9.17, 15) is 14.5 Å². The van der Waals surface area contributed by atoms with Crippen molar-refractivity contribution in [2.75, 3.05) is 0 Å². The fourth-order valence-corrected chi connectivity index (χ4v) is 0.447. The zero-order valence-electron chi connectivity index (χ0n) is 5.19. The number of carbonyl (C=O) groups is 2. The highest BCUT2D eigenvalue weighted by molar-refractivity contribution is 5.73. The molecule has 0 aromatic heterocycles. The van der Waals surface area contributed by atoms with Gasteiger partial charge in [-0.3, -0.25) is 0 Å². The molecule has 0 unspecified atom stereocenters. The second-order valence-electron chi connectivity index (χ2n) is 1.70. The highest BCUT2D eigenvalue weighted by atomic mass is 16.4. The van der Waals surface area contributed by atoms with Crippen molar-refractivity contribution in [3.8, 4) is 0 Å². The number of rotatable bonds is 5. The zero-order chi connectivity index (χ0) is 7.98. The van der Waals surface area contributed by atoms with Crippen LogP contribution in [0.4, 0.5) is 0 Å². The maximum absolute atomic E-state index is 10.0. The summed E-state index contributed by atoms with van der Waals surface area (Å²) in [6.07, 6.45) is 0.603. The second-order valence-corrected chi connectivity index (χ2v) is 1.70. The number of hydrogen-bond donors (Lipinski definition) is 1. The molecule has 1 atom stereocenters. The summed E-state index contributed by atoms with van der Waals surface area (Å²) in [6.45, 7) is 0. The van der Waals surface area contributed by atoms with E-state index in [1.54, 1.807) is 0 Å². The molecule has 0 amide bonds. The van der Waals surface area contributed by atoms with Gasteiger partial charge in [0, 0.05) is 6.42 Å². The van der Waals surface area contributed by atoms with Gasteiger partial charge in [-0.1, -0.05) is 5.18 Å². The van der Waals surface area contributed by atoms with Crippen molar-refractivity contribution < 1.29 is 14.7 Å². The standard InChI is InChI=1S/C5H7NO4/c7-3-1-2-4(6-10)5(8)9/h3-4H,1-2H2,(H,8,9)/t4-/m0/s1. The normalized spacial score (nSPS) is 12.0. The monoisotopic (exact) mass is 145 g/mol. The van der Waals surface area contributed by atoms with Crippen molar-refractivity contribution in [3.63, 3.8) is 0 Å². The van der Waals surface area contributed by atoms with E-state index in [0.29, 0.717) is 6.29 Å². The van der Waals surface area contributed by atoms with Gasteiger partial charge in [-0.2, -0.15) is 0 Å². The van der Waals surface area contributed by atoms with Crippen LogP contribution in [0.15, 0.2) is 5.18 Å². The van der Waals surface area contributed by atoms with Gasteiger partial charge in [0.1, 0.15) is 6.29 Å².